The SMILES string of the molecule is COc1ccc(S(=O)(=O)N(CC(=O)N(Cc2cccc(Br)c2)[C@H](Cc2ccccc2)C(=O)NC2CCCC2)c2ccc(Cl)cc2)cc1. The van der Waals surface area contributed by atoms with Crippen LogP contribution >= 0.6 is 27.5 Å². The molecule has 0 spiro atoms. The van der Waals surface area contributed by atoms with Crippen LogP contribution in [-0.2, 0) is 32.6 Å². The van der Waals surface area contributed by atoms with Gasteiger partial charge in [-0.05, 0) is 84.6 Å². The van der Waals surface area contributed by atoms with Gasteiger partial charge in [0, 0.05) is 28.5 Å². The fourth-order valence-electron chi connectivity index (χ4n) is 5.76. The average Bonchev–Trinajstić information content (AvgIpc) is 3.59. The molecule has 8 nitrogen and oxygen atoms in total. The van der Waals surface area contributed by atoms with E-state index in [0.717, 1.165) is 45.6 Å². The molecule has 1 fully saturated rings. The maximum Gasteiger partial charge on any atom is 0.264 e. The largest absolute Gasteiger partial charge is 0.497 e. The predicted octanol–water partition coefficient (Wildman–Crippen LogP) is 7.01. The zero-order valence-electron chi connectivity index (χ0n) is 26.0. The summed E-state index contributed by atoms with van der Waals surface area (Å²) in [5, 5.41) is 3.61. The number of methoxy groups -OCH3 is 1. The molecule has 5 rings (SSSR count). The number of halogens is 2. The number of hydrogen-bond acceptors (Lipinski definition) is 5. The third kappa shape index (κ3) is 8.94. The van der Waals surface area contributed by atoms with E-state index < -0.39 is 28.5 Å². The Morgan fingerprint density at radius 1 is 0.915 bits per heavy atom. The number of anilines is 1. The highest BCUT2D eigenvalue weighted by atomic mass is 79.9. The first-order valence-corrected chi connectivity index (χ1v) is 18.1. The molecule has 0 radical (unpaired) electrons. The van der Waals surface area contributed by atoms with E-state index in [0.29, 0.717) is 10.8 Å². The fraction of sp³-hybridized carbons (Fsp3) is 0.278. The van der Waals surface area contributed by atoms with Gasteiger partial charge in [-0.15, -0.1) is 0 Å². The molecule has 1 aliphatic carbocycles. The van der Waals surface area contributed by atoms with Gasteiger partial charge in [-0.3, -0.25) is 13.9 Å². The van der Waals surface area contributed by atoms with E-state index in [9.17, 15) is 18.0 Å². The van der Waals surface area contributed by atoms with Crippen LogP contribution < -0.4 is 14.4 Å². The molecular formula is C36H37BrClN3O5S. The van der Waals surface area contributed by atoms with Crippen molar-refractivity contribution >= 4 is 55.1 Å². The number of rotatable bonds is 13. The molecule has 4 aromatic rings. The van der Waals surface area contributed by atoms with E-state index >= 15 is 0 Å². The number of carbonyl (C=O) groups excluding carboxylic acids is 2. The Hall–Kier alpha value is -3.86. The summed E-state index contributed by atoms with van der Waals surface area (Å²) in [6, 6.07) is 28.4. The van der Waals surface area contributed by atoms with E-state index in [-0.39, 0.29) is 35.5 Å². The molecule has 0 aliphatic heterocycles. The molecule has 4 aromatic carbocycles. The lowest BCUT2D eigenvalue weighted by molar-refractivity contribution is -0.140. The Balaban J connectivity index is 1.56. The zero-order valence-corrected chi connectivity index (χ0v) is 29.2. The van der Waals surface area contributed by atoms with Crippen LogP contribution in [0.4, 0.5) is 5.69 Å². The molecular weight excluding hydrogens is 702 g/mol. The molecule has 11 heteroatoms. The van der Waals surface area contributed by atoms with Gasteiger partial charge in [0.1, 0.15) is 18.3 Å². The van der Waals surface area contributed by atoms with Gasteiger partial charge in [0.15, 0.2) is 0 Å². The van der Waals surface area contributed by atoms with Crippen molar-refractivity contribution in [1.29, 1.82) is 0 Å². The summed E-state index contributed by atoms with van der Waals surface area (Å²) in [6.45, 7) is -0.461. The lowest BCUT2D eigenvalue weighted by atomic mass is 10.0. The van der Waals surface area contributed by atoms with Crippen LogP contribution in [0.3, 0.4) is 0 Å². The number of amides is 2. The summed E-state index contributed by atoms with van der Waals surface area (Å²) < 4.78 is 35.5. The van der Waals surface area contributed by atoms with Gasteiger partial charge in [0.05, 0.1) is 17.7 Å². The van der Waals surface area contributed by atoms with E-state index in [2.05, 4.69) is 21.2 Å². The first-order valence-electron chi connectivity index (χ1n) is 15.4. The summed E-state index contributed by atoms with van der Waals surface area (Å²) in [7, 11) is -2.75. The van der Waals surface area contributed by atoms with Crippen molar-refractivity contribution in [2.24, 2.45) is 0 Å². The minimum atomic E-state index is -4.24. The summed E-state index contributed by atoms with van der Waals surface area (Å²) in [6.07, 6.45) is 4.09. The van der Waals surface area contributed by atoms with Crippen molar-refractivity contribution in [3.05, 3.63) is 124 Å². The van der Waals surface area contributed by atoms with Crippen LogP contribution in [0.15, 0.2) is 112 Å². The number of benzene rings is 4. The topological polar surface area (TPSA) is 96.0 Å². The first kappa shape index (κ1) is 34.5. The highest BCUT2D eigenvalue weighted by molar-refractivity contribution is 9.10. The van der Waals surface area contributed by atoms with E-state index in [1.165, 1.54) is 24.1 Å². The number of nitrogens with one attached hydrogen (secondary N) is 1. The molecule has 0 aromatic heterocycles. The van der Waals surface area contributed by atoms with Crippen molar-refractivity contribution in [3.63, 3.8) is 0 Å². The number of carbonyl (C=O) groups is 2. The van der Waals surface area contributed by atoms with Crippen molar-refractivity contribution in [2.45, 2.75) is 55.6 Å². The second-order valence-corrected chi connectivity index (χ2v) is 14.7. The Morgan fingerprint density at radius 3 is 2.21 bits per heavy atom. The number of nitrogens with zero attached hydrogens (tertiary/aromatic N) is 2. The Kier molecular flexibility index (Phi) is 11.6. The maximum atomic E-state index is 14.6. The monoisotopic (exact) mass is 737 g/mol. The Morgan fingerprint density at radius 2 is 1.57 bits per heavy atom. The molecule has 1 saturated carbocycles. The lowest BCUT2D eigenvalue weighted by Gasteiger charge is -2.34. The second-order valence-electron chi connectivity index (χ2n) is 11.5. The van der Waals surface area contributed by atoms with E-state index in [1.807, 2.05) is 54.6 Å². The number of sulfonamides is 1. The van der Waals surface area contributed by atoms with Crippen molar-refractivity contribution in [3.8, 4) is 5.75 Å². The smallest absolute Gasteiger partial charge is 0.264 e. The van der Waals surface area contributed by atoms with E-state index in [4.69, 9.17) is 16.3 Å². The first-order chi connectivity index (χ1) is 22.6. The third-order valence-corrected chi connectivity index (χ3v) is 10.8. The minimum Gasteiger partial charge on any atom is -0.497 e. The maximum absolute atomic E-state index is 14.6. The molecule has 1 aliphatic rings. The molecule has 0 bridgehead atoms. The van der Waals surface area contributed by atoms with Crippen molar-refractivity contribution < 1.29 is 22.7 Å². The highest BCUT2D eigenvalue weighted by Crippen LogP contribution is 2.28. The molecule has 0 unspecified atom stereocenters. The van der Waals surface area contributed by atoms with E-state index in [1.54, 1.807) is 36.4 Å². The Labute approximate surface area is 289 Å². The van der Waals surface area contributed by atoms with Gasteiger partial charge < -0.3 is 15.0 Å². The van der Waals surface area contributed by atoms with Gasteiger partial charge in [-0.2, -0.15) is 0 Å². The molecule has 1 atom stereocenters. The van der Waals surface area contributed by atoms with Gasteiger partial charge in [-0.25, -0.2) is 8.42 Å². The summed E-state index contributed by atoms with van der Waals surface area (Å²) in [5.41, 5.74) is 1.93. The summed E-state index contributed by atoms with van der Waals surface area (Å²) >= 11 is 9.67. The number of hydrogen-bond donors (Lipinski definition) is 1. The minimum absolute atomic E-state index is 0.0144. The van der Waals surface area contributed by atoms with Gasteiger partial charge in [0.25, 0.3) is 10.0 Å². The van der Waals surface area contributed by atoms with Crippen LogP contribution in [0, 0.1) is 0 Å². The molecule has 1 N–H and O–H groups in total. The van der Waals surface area contributed by atoms with Crippen LogP contribution in [-0.4, -0.2) is 50.9 Å². The van der Waals surface area contributed by atoms with Crippen LogP contribution in [0.25, 0.3) is 0 Å². The average molecular weight is 739 g/mol. The van der Waals surface area contributed by atoms with Gasteiger partial charge in [0.2, 0.25) is 11.8 Å². The molecule has 0 heterocycles. The van der Waals surface area contributed by atoms with Crippen LogP contribution in [0.5, 0.6) is 5.75 Å². The quantitative estimate of drug-likeness (QED) is 0.159. The number of ether oxygens (including phenoxy) is 1. The Bertz CT molecular complexity index is 1770. The fourth-order valence-corrected chi connectivity index (χ4v) is 7.75. The lowest BCUT2D eigenvalue weighted by Crippen LogP contribution is -2.54. The highest BCUT2D eigenvalue weighted by Gasteiger charge is 2.35. The zero-order chi connectivity index (χ0) is 33.4. The standard InChI is InChI=1S/C36H37BrClN3O5S/c1-46-32-18-20-33(21-19-32)47(44,45)41(31-16-14-29(38)15-17-31)25-35(42)40(24-27-10-7-11-28(37)22-27)34(23-26-8-3-2-4-9-26)36(43)39-30-12-5-6-13-30/h2-4,7-11,14-22,30,34H,5-6,12-13,23-25H2,1H3,(H,39,43)/t34-/m1/s1. The summed E-state index contributed by atoms with van der Waals surface area (Å²) in [4.78, 5) is 30.2. The molecule has 0 saturated heterocycles. The third-order valence-electron chi connectivity index (χ3n) is 8.26. The normalized spacial score (nSPS) is 13.9. The van der Waals surface area contributed by atoms with Gasteiger partial charge >= 0.3 is 0 Å². The van der Waals surface area contributed by atoms with Crippen molar-refractivity contribution in [2.75, 3.05) is 18.0 Å². The molecule has 47 heavy (non-hydrogen) atoms. The van der Waals surface area contributed by atoms with Gasteiger partial charge in [-0.1, -0.05) is 82.8 Å². The molecule has 2 amide bonds. The van der Waals surface area contributed by atoms with Crippen LogP contribution in [0.1, 0.15) is 36.8 Å². The predicted molar refractivity (Wildman–Crippen MR) is 188 cm³/mol. The van der Waals surface area contributed by atoms with Crippen molar-refractivity contribution in [1.82, 2.24) is 10.2 Å². The van der Waals surface area contributed by atoms with Crippen LogP contribution in [0.2, 0.25) is 5.02 Å². The molecule has 246 valence electrons. The summed E-state index contributed by atoms with van der Waals surface area (Å²) in [5.74, 6) is -0.296. The second kappa shape index (κ2) is 15.8.